The topological polar surface area (TPSA) is 0 Å². The van der Waals surface area contributed by atoms with E-state index in [4.69, 9.17) is 0 Å². The molecule has 0 nitrogen and oxygen atoms in total. The predicted octanol–water partition coefficient (Wildman–Crippen LogP) is 22.9. The number of thiophene rings is 6. The third kappa shape index (κ3) is 9.74. The molecule has 0 N–H and O–H groups in total. The standard InChI is InChI=1S/C66H36F6S6/c67-43-13-1-37(2-14-43)49-25-31-55(73-49)61-62(56-32-26-50(74-56)38-3-15-44(68)16-4-38)64(58-34-28-52(76-58)40-7-19-46(70)20-8-40)66(60-36-30-54(78-60)42-11-23-48(72)24-12-42)65(59-35-29-53(77-59)41-9-21-47(71)22-10-41)63(61)57-33-27-51(75-57)39-5-17-45(69)18-6-39/h1-36H. The molecule has 0 spiro atoms. The van der Waals surface area contributed by atoms with Crippen LogP contribution in [0.15, 0.2) is 218 Å². The van der Waals surface area contributed by atoms with Gasteiger partial charge in [-0.05, 0) is 179 Å². The molecular formula is C66H36F6S6. The predicted molar refractivity (Wildman–Crippen MR) is 319 cm³/mol. The van der Waals surface area contributed by atoms with Crippen LogP contribution in [0.3, 0.4) is 0 Å². The van der Waals surface area contributed by atoms with Crippen molar-refractivity contribution in [1.29, 1.82) is 0 Å². The third-order valence-corrected chi connectivity index (χ3v) is 20.3. The van der Waals surface area contributed by atoms with Gasteiger partial charge >= 0.3 is 0 Å². The van der Waals surface area contributed by atoms with Gasteiger partial charge in [0.2, 0.25) is 0 Å². The third-order valence-electron chi connectivity index (χ3n) is 13.4. The lowest BCUT2D eigenvalue weighted by Gasteiger charge is -2.25. The van der Waals surface area contributed by atoms with Gasteiger partial charge in [0.1, 0.15) is 34.9 Å². The van der Waals surface area contributed by atoms with Crippen LogP contribution in [0.4, 0.5) is 26.3 Å². The maximum Gasteiger partial charge on any atom is 0.123 e. The van der Waals surface area contributed by atoms with Gasteiger partial charge in [-0.1, -0.05) is 72.8 Å². The van der Waals surface area contributed by atoms with Crippen LogP contribution in [0.1, 0.15) is 0 Å². The molecule has 0 atom stereocenters. The van der Waals surface area contributed by atoms with Crippen LogP contribution in [0, 0.1) is 34.9 Å². The fourth-order valence-corrected chi connectivity index (χ4v) is 16.1. The maximum atomic E-state index is 14.5. The highest BCUT2D eigenvalue weighted by atomic mass is 32.1. The van der Waals surface area contributed by atoms with Crippen LogP contribution in [0.25, 0.3) is 125 Å². The molecule has 7 aromatic carbocycles. The molecule has 0 bridgehead atoms. The van der Waals surface area contributed by atoms with E-state index in [9.17, 15) is 26.3 Å². The van der Waals surface area contributed by atoms with E-state index in [0.717, 1.165) is 125 Å². The molecule has 6 heterocycles. The molecule has 378 valence electrons. The SMILES string of the molecule is Fc1ccc(-c2ccc(-c3c(-c4ccc(-c5ccc(F)cc5)s4)c(-c4ccc(-c5ccc(F)cc5)s4)c(-c4ccc(-c5ccc(F)cc5)s4)c(-c4ccc(-c5ccc(F)cc5)s4)c3-c3ccc(-c4ccc(F)cc4)s3)s2)cc1. The number of rotatable bonds is 12. The minimum absolute atomic E-state index is 0.336. The van der Waals surface area contributed by atoms with E-state index in [1.807, 2.05) is 0 Å². The summed E-state index contributed by atoms with van der Waals surface area (Å²) in [6.45, 7) is 0. The van der Waals surface area contributed by atoms with E-state index in [2.05, 4.69) is 72.8 Å². The first-order valence-corrected chi connectivity index (χ1v) is 29.4. The van der Waals surface area contributed by atoms with E-state index in [0.29, 0.717) is 0 Å². The summed E-state index contributed by atoms with van der Waals surface area (Å²) in [4.78, 5) is 11.2. The van der Waals surface area contributed by atoms with Gasteiger partial charge in [-0.25, -0.2) is 26.3 Å². The number of halogens is 6. The van der Waals surface area contributed by atoms with E-state index in [-0.39, 0.29) is 34.9 Å². The summed E-state index contributed by atoms with van der Waals surface area (Å²) in [5.41, 5.74) is 10.7. The van der Waals surface area contributed by atoms with Gasteiger partial charge in [-0.15, -0.1) is 68.0 Å². The molecule has 13 aromatic rings. The van der Waals surface area contributed by atoms with Gasteiger partial charge in [-0.2, -0.15) is 0 Å². The quantitative estimate of drug-likeness (QED) is 0.107. The first kappa shape index (κ1) is 49.9. The van der Waals surface area contributed by atoms with Crippen LogP contribution < -0.4 is 0 Å². The van der Waals surface area contributed by atoms with Crippen molar-refractivity contribution in [1.82, 2.24) is 0 Å². The highest BCUT2D eigenvalue weighted by molar-refractivity contribution is 7.22. The zero-order valence-corrected chi connectivity index (χ0v) is 45.4. The fraction of sp³-hybridized carbons (Fsp3) is 0. The Morgan fingerprint density at radius 2 is 0.256 bits per heavy atom. The van der Waals surface area contributed by atoms with Gasteiger partial charge < -0.3 is 0 Å². The summed E-state index contributed by atoms with van der Waals surface area (Å²) in [5, 5.41) is 0. The average Bonchev–Trinajstić information content (AvgIpc) is 4.41. The van der Waals surface area contributed by atoms with Gasteiger partial charge in [0, 0.05) is 91.9 Å². The molecular weight excluding hydrogens is 1100 g/mol. The molecule has 0 amide bonds. The molecule has 0 radical (unpaired) electrons. The Morgan fingerprint density at radius 1 is 0.141 bits per heavy atom. The van der Waals surface area contributed by atoms with Crippen molar-refractivity contribution in [2.24, 2.45) is 0 Å². The molecule has 0 aliphatic carbocycles. The smallest absolute Gasteiger partial charge is 0.123 e. The minimum atomic E-state index is -0.336. The molecule has 0 fully saturated rings. The number of hydrogen-bond donors (Lipinski definition) is 0. The normalized spacial score (nSPS) is 11.5. The Balaban J connectivity index is 1.21. The Hall–Kier alpha value is -7.68. The lowest BCUT2D eigenvalue weighted by Crippen LogP contribution is -1.98. The lowest BCUT2D eigenvalue weighted by molar-refractivity contribution is 0.627. The molecule has 0 aliphatic rings. The van der Waals surface area contributed by atoms with Crippen molar-refractivity contribution in [3.05, 3.63) is 253 Å². The van der Waals surface area contributed by atoms with Crippen LogP contribution >= 0.6 is 68.0 Å². The minimum Gasteiger partial charge on any atom is -0.207 e. The number of hydrogen-bond acceptors (Lipinski definition) is 6. The Morgan fingerprint density at radius 3 is 0.385 bits per heavy atom. The average molecular weight is 1140 g/mol. The summed E-state index contributed by atoms with van der Waals surface area (Å²) in [6, 6.07) is 64.3. The zero-order valence-electron chi connectivity index (χ0n) is 40.5. The molecule has 6 aromatic heterocycles. The van der Waals surface area contributed by atoms with E-state index in [1.165, 1.54) is 72.8 Å². The Labute approximate surface area is 469 Å². The Kier molecular flexibility index (Phi) is 13.4. The summed E-state index contributed by atoms with van der Waals surface area (Å²) in [5.74, 6) is -2.01. The van der Waals surface area contributed by atoms with Crippen LogP contribution in [-0.2, 0) is 0 Å². The number of benzene rings is 7. The van der Waals surface area contributed by atoms with Crippen molar-refractivity contribution < 1.29 is 26.3 Å². The maximum absolute atomic E-state index is 14.5. The second-order valence-electron chi connectivity index (χ2n) is 18.3. The second-order valence-corrected chi connectivity index (χ2v) is 24.8. The first-order chi connectivity index (χ1) is 38.1. The molecule has 0 saturated heterocycles. The largest absolute Gasteiger partial charge is 0.207 e. The van der Waals surface area contributed by atoms with Crippen molar-refractivity contribution in [3.63, 3.8) is 0 Å². The fourth-order valence-electron chi connectivity index (χ4n) is 9.68. The Bertz CT molecular complexity index is 3550. The van der Waals surface area contributed by atoms with Crippen LogP contribution in [0.5, 0.6) is 0 Å². The van der Waals surface area contributed by atoms with Crippen molar-refractivity contribution in [3.8, 4) is 125 Å². The summed E-state index contributed by atoms with van der Waals surface area (Å²) in [6.07, 6.45) is 0. The van der Waals surface area contributed by atoms with E-state index >= 15 is 0 Å². The van der Waals surface area contributed by atoms with Gasteiger partial charge in [0.15, 0.2) is 0 Å². The van der Waals surface area contributed by atoms with Crippen LogP contribution in [0.2, 0.25) is 0 Å². The molecule has 78 heavy (non-hydrogen) atoms. The van der Waals surface area contributed by atoms with Crippen molar-refractivity contribution in [2.45, 2.75) is 0 Å². The highest BCUT2D eigenvalue weighted by Gasteiger charge is 2.33. The molecule has 0 saturated carbocycles. The zero-order chi connectivity index (χ0) is 53.0. The van der Waals surface area contributed by atoms with E-state index < -0.39 is 0 Å². The molecule has 0 aliphatic heterocycles. The molecule has 0 unspecified atom stereocenters. The van der Waals surface area contributed by atoms with Gasteiger partial charge in [0.25, 0.3) is 0 Å². The van der Waals surface area contributed by atoms with Gasteiger partial charge in [0.05, 0.1) is 0 Å². The highest BCUT2D eigenvalue weighted by Crippen LogP contribution is 2.62. The second kappa shape index (κ2) is 20.9. The summed E-state index contributed by atoms with van der Waals surface area (Å²) >= 11 is 9.61. The summed E-state index contributed by atoms with van der Waals surface area (Å²) < 4.78 is 87.1. The van der Waals surface area contributed by atoms with Gasteiger partial charge in [-0.3, -0.25) is 0 Å². The van der Waals surface area contributed by atoms with Crippen molar-refractivity contribution in [2.75, 3.05) is 0 Å². The molecule has 13 rings (SSSR count). The molecule has 12 heteroatoms. The van der Waals surface area contributed by atoms with Crippen LogP contribution in [-0.4, -0.2) is 0 Å². The van der Waals surface area contributed by atoms with Crippen molar-refractivity contribution >= 4 is 68.0 Å². The lowest BCUT2D eigenvalue weighted by atomic mass is 9.82. The summed E-state index contributed by atoms with van der Waals surface area (Å²) in [7, 11) is 0. The van der Waals surface area contributed by atoms with E-state index in [1.54, 1.807) is 141 Å². The first-order valence-electron chi connectivity index (χ1n) is 24.5. The monoisotopic (exact) mass is 1130 g/mol.